The van der Waals surface area contributed by atoms with Crippen molar-refractivity contribution >= 4 is 34.2 Å². The van der Waals surface area contributed by atoms with Crippen LogP contribution in [0.2, 0.25) is 5.02 Å². The second-order valence-electron chi connectivity index (χ2n) is 9.21. The topological polar surface area (TPSA) is 61.5 Å². The van der Waals surface area contributed by atoms with Crippen molar-refractivity contribution in [1.82, 2.24) is 14.9 Å². The molecular formula is C29H29ClN4O2. The maximum Gasteiger partial charge on any atom is 0.250 e. The third-order valence-corrected chi connectivity index (χ3v) is 6.83. The molecule has 2 aromatic heterocycles. The Labute approximate surface area is 216 Å². The predicted molar refractivity (Wildman–Crippen MR) is 147 cm³/mol. The van der Waals surface area contributed by atoms with E-state index in [9.17, 15) is 4.79 Å². The lowest BCUT2D eigenvalue weighted by Gasteiger charge is -2.16. The number of carbonyl (C=O) groups is 1. The van der Waals surface area contributed by atoms with E-state index in [4.69, 9.17) is 16.3 Å². The summed E-state index contributed by atoms with van der Waals surface area (Å²) in [6, 6.07) is 16.1. The number of anilines is 1. The van der Waals surface area contributed by atoms with Crippen LogP contribution in [0.4, 0.5) is 5.69 Å². The van der Waals surface area contributed by atoms with Gasteiger partial charge in [-0.3, -0.25) is 4.79 Å². The number of amides is 1. The minimum Gasteiger partial charge on any atom is -0.494 e. The Kier molecular flexibility index (Phi) is 6.81. The molecule has 0 unspecified atom stereocenters. The molecule has 0 spiro atoms. The van der Waals surface area contributed by atoms with Gasteiger partial charge in [0.1, 0.15) is 11.4 Å². The van der Waals surface area contributed by atoms with Crippen molar-refractivity contribution in [3.05, 3.63) is 78.0 Å². The molecule has 0 atom stereocenters. The first-order valence-electron chi connectivity index (χ1n) is 12.1. The Morgan fingerprint density at radius 3 is 2.72 bits per heavy atom. The van der Waals surface area contributed by atoms with Crippen LogP contribution in [-0.2, 0) is 11.2 Å². The van der Waals surface area contributed by atoms with Crippen molar-refractivity contribution in [3.8, 4) is 28.1 Å². The molecule has 0 fully saturated rings. The zero-order valence-corrected chi connectivity index (χ0v) is 21.3. The number of hydrogen-bond acceptors (Lipinski definition) is 4. The zero-order chi connectivity index (χ0) is 25.2. The number of ether oxygens (including phenoxy) is 1. The number of aromatic nitrogens is 2. The molecule has 3 heterocycles. The Morgan fingerprint density at radius 1 is 1.19 bits per heavy atom. The van der Waals surface area contributed by atoms with Gasteiger partial charge in [-0.2, -0.15) is 0 Å². The Hall–Kier alpha value is -3.61. The molecule has 7 heteroatoms. The number of H-pyrrole nitrogens is 1. The number of benzene rings is 2. The lowest BCUT2D eigenvalue weighted by atomic mass is 9.97. The van der Waals surface area contributed by atoms with Crippen molar-refractivity contribution in [2.24, 2.45) is 0 Å². The molecule has 5 rings (SSSR count). The monoisotopic (exact) mass is 500 g/mol. The van der Waals surface area contributed by atoms with E-state index in [0.717, 1.165) is 69.8 Å². The van der Waals surface area contributed by atoms with Gasteiger partial charge in [-0.15, -0.1) is 0 Å². The van der Waals surface area contributed by atoms with Gasteiger partial charge in [-0.25, -0.2) is 4.98 Å². The molecule has 184 valence electrons. The van der Waals surface area contributed by atoms with E-state index < -0.39 is 0 Å². The molecule has 4 aromatic rings. The van der Waals surface area contributed by atoms with Crippen LogP contribution in [0.3, 0.4) is 0 Å². The third kappa shape index (κ3) is 4.62. The molecule has 1 aliphatic rings. The average molecular weight is 501 g/mol. The molecule has 0 saturated carbocycles. The first kappa shape index (κ1) is 24.1. The van der Waals surface area contributed by atoms with Gasteiger partial charge in [-0.1, -0.05) is 30.3 Å². The fourth-order valence-corrected chi connectivity index (χ4v) is 4.98. The zero-order valence-electron chi connectivity index (χ0n) is 20.6. The van der Waals surface area contributed by atoms with E-state index in [1.54, 1.807) is 17.2 Å². The van der Waals surface area contributed by atoms with Gasteiger partial charge in [0.05, 0.1) is 17.3 Å². The van der Waals surface area contributed by atoms with Crippen molar-refractivity contribution in [2.45, 2.75) is 12.8 Å². The quantitative estimate of drug-likeness (QED) is 0.240. The van der Waals surface area contributed by atoms with Crippen LogP contribution in [-0.4, -0.2) is 54.6 Å². The summed E-state index contributed by atoms with van der Waals surface area (Å²) in [7, 11) is 4.12. The van der Waals surface area contributed by atoms with Crippen LogP contribution in [0, 0.1) is 0 Å². The molecule has 1 aliphatic heterocycles. The number of fused-ring (bicyclic) bond motifs is 2. The molecule has 6 nitrogen and oxygen atoms in total. The summed E-state index contributed by atoms with van der Waals surface area (Å²) in [5.74, 6) is 0.744. The Bertz CT molecular complexity index is 1430. The highest BCUT2D eigenvalue weighted by molar-refractivity contribution is 6.36. The molecule has 0 radical (unpaired) electrons. The van der Waals surface area contributed by atoms with E-state index in [2.05, 4.69) is 53.7 Å². The molecule has 0 aliphatic carbocycles. The summed E-state index contributed by atoms with van der Waals surface area (Å²) < 4.78 is 5.92. The molecule has 36 heavy (non-hydrogen) atoms. The Morgan fingerprint density at radius 2 is 1.97 bits per heavy atom. The number of nitrogens with one attached hydrogen (secondary N) is 1. The third-order valence-electron chi connectivity index (χ3n) is 6.52. The van der Waals surface area contributed by atoms with Crippen molar-refractivity contribution in [1.29, 1.82) is 0 Å². The summed E-state index contributed by atoms with van der Waals surface area (Å²) in [4.78, 5) is 24.4. The average Bonchev–Trinajstić information content (AvgIpc) is 3.48. The first-order chi connectivity index (χ1) is 17.5. The minimum atomic E-state index is -0.0917. The SMILES string of the molecule is C=CC(=O)N1CCc2ccc(-c3c(-c4ccc(OCCCN(C)C)cc4)[nH]c4nccc(Cl)c34)cc21. The van der Waals surface area contributed by atoms with Gasteiger partial charge in [0.15, 0.2) is 0 Å². The molecule has 0 saturated heterocycles. The van der Waals surface area contributed by atoms with Crippen LogP contribution in [0.1, 0.15) is 12.0 Å². The molecule has 2 aromatic carbocycles. The van der Waals surface area contributed by atoms with Crippen LogP contribution < -0.4 is 9.64 Å². The number of nitrogens with zero attached hydrogens (tertiary/aromatic N) is 3. The number of rotatable bonds is 8. The standard InChI is InChI=1S/C29H29ClN4O2/c1-4-25(35)34-16-13-19-6-7-21(18-24(19)34)26-27-23(30)12-14-31-29(27)32-28(26)20-8-10-22(11-9-20)36-17-5-15-33(2)3/h4,6-12,14,18H,1,5,13,15-17H2,2-3H3,(H,31,32). The van der Waals surface area contributed by atoms with Crippen LogP contribution in [0.5, 0.6) is 5.75 Å². The predicted octanol–water partition coefficient (Wildman–Crippen LogP) is 5.96. The summed E-state index contributed by atoms with van der Waals surface area (Å²) in [6.07, 6.45) is 4.86. The summed E-state index contributed by atoms with van der Waals surface area (Å²) >= 11 is 6.69. The van der Waals surface area contributed by atoms with Crippen LogP contribution in [0.25, 0.3) is 33.4 Å². The minimum absolute atomic E-state index is 0.0917. The van der Waals surface area contributed by atoms with E-state index in [0.29, 0.717) is 18.2 Å². The van der Waals surface area contributed by atoms with Crippen LogP contribution >= 0.6 is 11.6 Å². The number of aromatic amines is 1. The second-order valence-corrected chi connectivity index (χ2v) is 9.62. The first-order valence-corrected chi connectivity index (χ1v) is 12.5. The maximum absolute atomic E-state index is 12.4. The smallest absolute Gasteiger partial charge is 0.250 e. The van der Waals surface area contributed by atoms with Gasteiger partial charge in [0.2, 0.25) is 5.91 Å². The summed E-state index contributed by atoms with van der Waals surface area (Å²) in [6.45, 7) is 5.97. The number of halogens is 1. The fraction of sp³-hybridized carbons (Fsp3) is 0.241. The molecule has 0 bridgehead atoms. The number of carbonyl (C=O) groups excluding carboxylic acids is 1. The fourth-order valence-electron chi connectivity index (χ4n) is 4.74. The number of pyridine rings is 1. The second kappa shape index (κ2) is 10.2. The highest BCUT2D eigenvalue weighted by Crippen LogP contribution is 2.43. The lowest BCUT2D eigenvalue weighted by molar-refractivity contribution is -0.114. The summed E-state index contributed by atoms with van der Waals surface area (Å²) in [5.41, 5.74) is 6.63. The molecule has 1 N–H and O–H groups in total. The van der Waals surface area contributed by atoms with E-state index in [1.807, 2.05) is 24.3 Å². The molecule has 1 amide bonds. The maximum atomic E-state index is 12.4. The van der Waals surface area contributed by atoms with Crippen molar-refractivity contribution in [2.75, 3.05) is 38.7 Å². The highest BCUT2D eigenvalue weighted by atomic mass is 35.5. The van der Waals surface area contributed by atoms with E-state index >= 15 is 0 Å². The van der Waals surface area contributed by atoms with Crippen molar-refractivity contribution < 1.29 is 9.53 Å². The van der Waals surface area contributed by atoms with Crippen molar-refractivity contribution in [3.63, 3.8) is 0 Å². The van der Waals surface area contributed by atoms with Gasteiger partial charge in [0.25, 0.3) is 0 Å². The van der Waals surface area contributed by atoms with Crippen LogP contribution in [0.15, 0.2) is 67.4 Å². The van der Waals surface area contributed by atoms with Gasteiger partial charge in [0, 0.05) is 35.9 Å². The van der Waals surface area contributed by atoms with E-state index in [-0.39, 0.29) is 5.91 Å². The van der Waals surface area contributed by atoms with Gasteiger partial charge >= 0.3 is 0 Å². The normalized spacial score (nSPS) is 12.8. The lowest BCUT2D eigenvalue weighted by Crippen LogP contribution is -2.26. The largest absolute Gasteiger partial charge is 0.494 e. The van der Waals surface area contributed by atoms with Gasteiger partial charge < -0.3 is 19.5 Å². The Balaban J connectivity index is 1.55. The summed E-state index contributed by atoms with van der Waals surface area (Å²) in [5, 5.41) is 1.48. The number of hydrogen-bond donors (Lipinski definition) is 1. The van der Waals surface area contributed by atoms with E-state index in [1.165, 1.54) is 6.08 Å². The highest BCUT2D eigenvalue weighted by Gasteiger charge is 2.25. The molecular weight excluding hydrogens is 472 g/mol. The van der Waals surface area contributed by atoms with Gasteiger partial charge in [-0.05, 0) is 86.1 Å².